The Bertz CT molecular complexity index is 426. The van der Waals surface area contributed by atoms with Crippen LogP contribution in [0.15, 0.2) is 22.7 Å². The maximum Gasteiger partial charge on any atom is 0.423 e. The SMILES string of the molecule is Fc1cc(Br)ccc1COC(C(F)(F)F)C(F)(F)F. The van der Waals surface area contributed by atoms with Crippen molar-refractivity contribution in [1.29, 1.82) is 0 Å². The second-order valence-corrected chi connectivity index (χ2v) is 4.43. The minimum Gasteiger partial charge on any atom is -0.356 e. The quantitative estimate of drug-likeness (QED) is 0.721. The number of alkyl halides is 6. The molecule has 0 saturated heterocycles. The van der Waals surface area contributed by atoms with E-state index < -0.39 is 36.4 Å². The van der Waals surface area contributed by atoms with E-state index in [1.807, 2.05) is 0 Å². The van der Waals surface area contributed by atoms with Gasteiger partial charge in [-0.05, 0) is 12.1 Å². The van der Waals surface area contributed by atoms with Gasteiger partial charge in [0.05, 0.1) is 6.61 Å². The molecule has 0 saturated carbocycles. The van der Waals surface area contributed by atoms with Crippen LogP contribution < -0.4 is 0 Å². The predicted molar refractivity (Wildman–Crippen MR) is 54.8 cm³/mol. The molecule has 0 N–H and O–H groups in total. The summed E-state index contributed by atoms with van der Waals surface area (Å²) in [6.45, 7) is -1.14. The molecule has 0 amide bonds. The predicted octanol–water partition coefficient (Wildman–Crippen LogP) is 4.60. The topological polar surface area (TPSA) is 9.23 Å². The van der Waals surface area contributed by atoms with E-state index in [0.29, 0.717) is 4.47 Å². The highest BCUT2D eigenvalue weighted by Crippen LogP contribution is 2.36. The number of hydrogen-bond donors (Lipinski definition) is 0. The summed E-state index contributed by atoms with van der Waals surface area (Å²) in [6.07, 6.45) is -15.2. The van der Waals surface area contributed by atoms with Gasteiger partial charge in [-0.25, -0.2) is 4.39 Å². The van der Waals surface area contributed by atoms with E-state index in [1.54, 1.807) is 0 Å². The summed E-state index contributed by atoms with van der Waals surface area (Å²) in [7, 11) is 0. The van der Waals surface area contributed by atoms with Crippen LogP contribution in [-0.4, -0.2) is 18.5 Å². The molecule has 0 radical (unpaired) electrons. The van der Waals surface area contributed by atoms with E-state index in [4.69, 9.17) is 0 Å². The first-order chi connectivity index (χ1) is 8.51. The molecular formula is C10H6BrF7O. The molecule has 0 aliphatic rings. The molecule has 0 aromatic heterocycles. The molecular weight excluding hydrogens is 349 g/mol. The number of halogens is 8. The Morgan fingerprint density at radius 2 is 1.58 bits per heavy atom. The first-order valence-corrected chi connectivity index (χ1v) is 5.50. The van der Waals surface area contributed by atoms with E-state index in [-0.39, 0.29) is 0 Å². The van der Waals surface area contributed by atoms with Gasteiger partial charge in [0.15, 0.2) is 0 Å². The first-order valence-electron chi connectivity index (χ1n) is 4.71. The van der Waals surface area contributed by atoms with Crippen molar-refractivity contribution in [3.05, 3.63) is 34.1 Å². The molecule has 0 aliphatic heterocycles. The summed E-state index contributed by atoms with van der Waals surface area (Å²) in [4.78, 5) is 0. The Morgan fingerprint density at radius 1 is 1.05 bits per heavy atom. The van der Waals surface area contributed by atoms with Crippen LogP contribution >= 0.6 is 15.9 Å². The zero-order valence-electron chi connectivity index (χ0n) is 8.95. The molecule has 0 atom stereocenters. The third kappa shape index (κ3) is 4.64. The highest BCUT2D eigenvalue weighted by molar-refractivity contribution is 9.10. The minimum atomic E-state index is -5.61. The standard InChI is InChI=1S/C10H6BrF7O/c11-6-2-1-5(7(12)3-6)4-19-8(9(13,14)15)10(16,17)18/h1-3,8H,4H2. The summed E-state index contributed by atoms with van der Waals surface area (Å²) in [6, 6.07) is 3.22. The monoisotopic (exact) mass is 354 g/mol. The summed E-state index contributed by atoms with van der Waals surface area (Å²) in [5.41, 5.74) is -0.401. The molecule has 1 aromatic rings. The van der Waals surface area contributed by atoms with Crippen LogP contribution in [-0.2, 0) is 11.3 Å². The van der Waals surface area contributed by atoms with E-state index in [1.165, 1.54) is 6.07 Å². The van der Waals surface area contributed by atoms with Gasteiger partial charge in [-0.3, -0.25) is 0 Å². The summed E-state index contributed by atoms with van der Waals surface area (Å²) < 4.78 is 90.1. The second kappa shape index (κ2) is 5.66. The molecule has 0 aliphatic carbocycles. The average molecular weight is 355 g/mol. The molecule has 0 unspecified atom stereocenters. The van der Waals surface area contributed by atoms with Gasteiger partial charge in [-0.15, -0.1) is 0 Å². The lowest BCUT2D eigenvalue weighted by molar-refractivity contribution is -0.324. The third-order valence-electron chi connectivity index (χ3n) is 2.02. The fourth-order valence-corrected chi connectivity index (χ4v) is 1.52. The van der Waals surface area contributed by atoms with Crippen molar-refractivity contribution in [3.8, 4) is 0 Å². The minimum absolute atomic E-state index is 0.303. The van der Waals surface area contributed by atoms with E-state index >= 15 is 0 Å². The van der Waals surface area contributed by atoms with E-state index in [9.17, 15) is 30.7 Å². The van der Waals surface area contributed by atoms with Crippen molar-refractivity contribution in [2.45, 2.75) is 25.1 Å². The van der Waals surface area contributed by atoms with Crippen molar-refractivity contribution in [2.24, 2.45) is 0 Å². The fraction of sp³-hybridized carbons (Fsp3) is 0.400. The molecule has 0 heterocycles. The van der Waals surface area contributed by atoms with Gasteiger partial charge >= 0.3 is 12.4 Å². The normalized spacial score (nSPS) is 13.1. The van der Waals surface area contributed by atoms with Crippen molar-refractivity contribution < 1.29 is 35.5 Å². The zero-order valence-corrected chi connectivity index (χ0v) is 10.5. The van der Waals surface area contributed by atoms with Gasteiger partial charge in [0.2, 0.25) is 6.10 Å². The van der Waals surface area contributed by atoms with Gasteiger partial charge in [0, 0.05) is 10.0 Å². The van der Waals surface area contributed by atoms with E-state index in [2.05, 4.69) is 20.7 Å². The van der Waals surface area contributed by atoms with Gasteiger partial charge in [0.1, 0.15) is 5.82 Å². The second-order valence-electron chi connectivity index (χ2n) is 3.51. The number of rotatable bonds is 3. The fourth-order valence-electron chi connectivity index (χ4n) is 1.19. The van der Waals surface area contributed by atoms with Crippen molar-refractivity contribution in [3.63, 3.8) is 0 Å². The third-order valence-corrected chi connectivity index (χ3v) is 2.51. The molecule has 1 aromatic carbocycles. The van der Waals surface area contributed by atoms with Gasteiger partial charge < -0.3 is 4.74 Å². The van der Waals surface area contributed by atoms with Crippen LogP contribution in [0.25, 0.3) is 0 Å². The van der Waals surface area contributed by atoms with Crippen molar-refractivity contribution in [1.82, 2.24) is 0 Å². The van der Waals surface area contributed by atoms with Crippen molar-refractivity contribution in [2.75, 3.05) is 0 Å². The van der Waals surface area contributed by atoms with Gasteiger partial charge in [-0.1, -0.05) is 22.0 Å². The van der Waals surface area contributed by atoms with Crippen LogP contribution in [0.2, 0.25) is 0 Å². The Balaban J connectivity index is 2.83. The van der Waals surface area contributed by atoms with Crippen LogP contribution in [0.4, 0.5) is 30.7 Å². The maximum atomic E-state index is 13.2. The Morgan fingerprint density at radius 3 is 2.00 bits per heavy atom. The molecule has 1 nitrogen and oxygen atoms in total. The molecule has 0 spiro atoms. The molecule has 9 heteroatoms. The summed E-state index contributed by atoms with van der Waals surface area (Å²) >= 11 is 2.90. The van der Waals surface area contributed by atoms with Gasteiger partial charge in [-0.2, -0.15) is 26.3 Å². The largest absolute Gasteiger partial charge is 0.423 e. The zero-order chi connectivity index (χ0) is 14.8. The average Bonchev–Trinajstić information content (AvgIpc) is 2.17. The van der Waals surface area contributed by atoms with Crippen LogP contribution in [0.1, 0.15) is 5.56 Å². The first kappa shape index (κ1) is 16.2. The number of benzene rings is 1. The number of hydrogen-bond acceptors (Lipinski definition) is 1. The number of ether oxygens (including phenoxy) is 1. The highest BCUT2D eigenvalue weighted by Gasteiger charge is 2.57. The lowest BCUT2D eigenvalue weighted by atomic mass is 10.2. The lowest BCUT2D eigenvalue weighted by Crippen LogP contribution is -2.44. The Hall–Kier alpha value is -0.830. The molecule has 19 heavy (non-hydrogen) atoms. The van der Waals surface area contributed by atoms with Gasteiger partial charge in [0.25, 0.3) is 0 Å². The maximum absolute atomic E-state index is 13.2. The molecule has 0 bridgehead atoms. The smallest absolute Gasteiger partial charge is 0.356 e. The Kier molecular flexibility index (Phi) is 4.83. The summed E-state index contributed by atoms with van der Waals surface area (Å²) in [5.74, 6) is -0.961. The van der Waals surface area contributed by atoms with Crippen LogP contribution in [0.3, 0.4) is 0 Å². The molecule has 1 rings (SSSR count). The molecule has 108 valence electrons. The highest BCUT2D eigenvalue weighted by atomic mass is 79.9. The summed E-state index contributed by atoms with van der Waals surface area (Å²) in [5, 5.41) is 0. The Labute approximate surface area is 111 Å². The van der Waals surface area contributed by atoms with Crippen molar-refractivity contribution >= 4 is 15.9 Å². The van der Waals surface area contributed by atoms with Crippen LogP contribution in [0, 0.1) is 5.82 Å². The van der Waals surface area contributed by atoms with E-state index in [0.717, 1.165) is 12.1 Å². The lowest BCUT2D eigenvalue weighted by Gasteiger charge is -2.23. The van der Waals surface area contributed by atoms with Crippen LogP contribution in [0.5, 0.6) is 0 Å². The molecule has 0 fully saturated rings.